The molecule has 1 rings (SSSR count). The van der Waals surface area contributed by atoms with E-state index in [0.717, 1.165) is 0 Å². The minimum Gasteiger partial charge on any atom is -0.423 e. The third-order valence-corrected chi connectivity index (χ3v) is 1.96. The number of rotatable bonds is 3. The van der Waals surface area contributed by atoms with Gasteiger partial charge in [-0.2, -0.15) is 0 Å². The first-order chi connectivity index (χ1) is 7.90. The second kappa shape index (κ2) is 5.47. The fourth-order valence-electron chi connectivity index (χ4n) is 1.31. The van der Waals surface area contributed by atoms with Crippen molar-refractivity contribution in [1.29, 1.82) is 0 Å². The Hall–Kier alpha value is -1.86. The van der Waals surface area contributed by atoms with Crippen molar-refractivity contribution in [3.8, 4) is 0 Å². The highest BCUT2D eigenvalue weighted by Crippen LogP contribution is 2.19. The fourth-order valence-corrected chi connectivity index (χ4v) is 1.31. The largest absolute Gasteiger partial charge is 0.488 e. The summed E-state index contributed by atoms with van der Waals surface area (Å²) in [6, 6.07) is 4.32. The minimum atomic E-state index is -1.63. The van der Waals surface area contributed by atoms with E-state index in [9.17, 15) is 9.59 Å². The maximum Gasteiger partial charge on any atom is 0.488 e. The molecule has 6 nitrogen and oxygen atoms in total. The smallest absolute Gasteiger partial charge is 0.423 e. The van der Waals surface area contributed by atoms with Gasteiger partial charge in [-0.25, -0.2) is 0 Å². The van der Waals surface area contributed by atoms with E-state index < -0.39 is 7.12 Å². The SMILES string of the molecule is CC(=O)Nc1ccc(B(O)O)cc1NC(C)=O. The lowest BCUT2D eigenvalue weighted by atomic mass is 9.80. The van der Waals surface area contributed by atoms with Gasteiger partial charge in [-0.15, -0.1) is 0 Å². The molecule has 0 fully saturated rings. The zero-order chi connectivity index (χ0) is 13.0. The highest BCUT2D eigenvalue weighted by atomic mass is 16.4. The van der Waals surface area contributed by atoms with Crippen molar-refractivity contribution >= 4 is 35.8 Å². The van der Waals surface area contributed by atoms with Crippen LogP contribution in [0.4, 0.5) is 11.4 Å². The van der Waals surface area contributed by atoms with E-state index >= 15 is 0 Å². The maximum atomic E-state index is 11.0. The van der Waals surface area contributed by atoms with Crippen molar-refractivity contribution in [2.75, 3.05) is 10.6 Å². The number of carbonyl (C=O) groups is 2. The van der Waals surface area contributed by atoms with Crippen LogP contribution in [0.15, 0.2) is 18.2 Å². The molecule has 0 radical (unpaired) electrons. The van der Waals surface area contributed by atoms with Crippen LogP contribution >= 0.6 is 0 Å². The van der Waals surface area contributed by atoms with Crippen molar-refractivity contribution in [3.63, 3.8) is 0 Å². The summed E-state index contributed by atoms with van der Waals surface area (Å²) in [7, 11) is -1.63. The number of hydrogen-bond acceptors (Lipinski definition) is 4. The fraction of sp³-hybridized carbons (Fsp3) is 0.200. The maximum absolute atomic E-state index is 11.0. The van der Waals surface area contributed by atoms with Crippen molar-refractivity contribution < 1.29 is 19.6 Å². The summed E-state index contributed by atoms with van der Waals surface area (Å²) in [4.78, 5) is 21.9. The quantitative estimate of drug-likeness (QED) is 0.520. The third kappa shape index (κ3) is 3.89. The van der Waals surface area contributed by atoms with Crippen LogP contribution < -0.4 is 16.1 Å². The Balaban J connectivity index is 3.11. The van der Waals surface area contributed by atoms with Gasteiger partial charge in [0.25, 0.3) is 0 Å². The van der Waals surface area contributed by atoms with E-state index in [1.54, 1.807) is 0 Å². The molecule has 0 unspecified atom stereocenters. The van der Waals surface area contributed by atoms with E-state index in [0.29, 0.717) is 11.4 Å². The second-order valence-corrected chi connectivity index (χ2v) is 3.54. The molecule has 90 valence electrons. The number of nitrogens with one attached hydrogen (secondary N) is 2. The van der Waals surface area contributed by atoms with Crippen molar-refractivity contribution in [2.45, 2.75) is 13.8 Å². The standard InChI is InChI=1S/C10H13BN2O4/c1-6(14)12-9-4-3-8(11(16)17)5-10(9)13-7(2)15/h3-5,16-17H,1-2H3,(H,12,14)(H,13,15). The molecule has 0 atom stereocenters. The van der Waals surface area contributed by atoms with Gasteiger partial charge in [0.15, 0.2) is 0 Å². The Morgan fingerprint density at radius 2 is 1.59 bits per heavy atom. The van der Waals surface area contributed by atoms with Crippen molar-refractivity contribution in [2.24, 2.45) is 0 Å². The Morgan fingerprint density at radius 1 is 1.06 bits per heavy atom. The topological polar surface area (TPSA) is 98.7 Å². The van der Waals surface area contributed by atoms with Crippen LogP contribution in [0.1, 0.15) is 13.8 Å². The summed E-state index contributed by atoms with van der Waals surface area (Å²) in [5, 5.41) is 23.0. The average molecular weight is 236 g/mol. The highest BCUT2D eigenvalue weighted by Gasteiger charge is 2.14. The average Bonchev–Trinajstić information content (AvgIpc) is 2.18. The molecule has 0 spiro atoms. The van der Waals surface area contributed by atoms with Crippen molar-refractivity contribution in [1.82, 2.24) is 0 Å². The number of hydrogen-bond donors (Lipinski definition) is 4. The zero-order valence-corrected chi connectivity index (χ0v) is 9.52. The molecule has 0 aromatic heterocycles. The Bertz CT molecular complexity index is 448. The first-order valence-electron chi connectivity index (χ1n) is 4.95. The Labute approximate surface area is 98.8 Å². The normalized spacial score (nSPS) is 9.65. The van der Waals surface area contributed by atoms with Crippen LogP contribution in [-0.4, -0.2) is 29.0 Å². The molecular formula is C10H13BN2O4. The molecule has 2 amide bonds. The zero-order valence-electron chi connectivity index (χ0n) is 9.52. The predicted octanol–water partition coefficient (Wildman–Crippen LogP) is -0.717. The molecule has 0 aliphatic heterocycles. The van der Waals surface area contributed by atoms with E-state index in [1.807, 2.05) is 0 Å². The highest BCUT2D eigenvalue weighted by molar-refractivity contribution is 6.58. The molecule has 17 heavy (non-hydrogen) atoms. The lowest BCUT2D eigenvalue weighted by Crippen LogP contribution is -2.30. The lowest BCUT2D eigenvalue weighted by molar-refractivity contribution is -0.115. The summed E-state index contributed by atoms with van der Waals surface area (Å²) in [5.41, 5.74) is 0.943. The van der Waals surface area contributed by atoms with E-state index in [4.69, 9.17) is 10.0 Å². The molecule has 0 saturated carbocycles. The van der Waals surface area contributed by atoms with Gasteiger partial charge in [0.05, 0.1) is 11.4 Å². The van der Waals surface area contributed by atoms with E-state index in [1.165, 1.54) is 32.0 Å². The van der Waals surface area contributed by atoms with E-state index in [2.05, 4.69) is 10.6 Å². The molecule has 7 heteroatoms. The summed E-state index contributed by atoms with van der Waals surface area (Å²) in [6.45, 7) is 2.66. The minimum absolute atomic E-state index is 0.225. The molecule has 4 N–H and O–H groups in total. The molecular weight excluding hydrogens is 223 g/mol. The molecule has 0 aliphatic carbocycles. The lowest BCUT2D eigenvalue weighted by Gasteiger charge is -2.12. The van der Waals surface area contributed by atoms with Crippen LogP contribution in [0.25, 0.3) is 0 Å². The molecule has 0 heterocycles. The molecule has 1 aromatic rings. The first kappa shape index (κ1) is 13.2. The molecule has 1 aromatic carbocycles. The van der Waals surface area contributed by atoms with Gasteiger partial charge in [0.2, 0.25) is 11.8 Å². The number of amides is 2. The van der Waals surface area contributed by atoms with Gasteiger partial charge < -0.3 is 20.7 Å². The number of benzene rings is 1. The predicted molar refractivity (Wildman–Crippen MR) is 64.9 cm³/mol. The third-order valence-electron chi connectivity index (χ3n) is 1.96. The summed E-state index contributed by atoms with van der Waals surface area (Å²) < 4.78 is 0. The monoisotopic (exact) mass is 236 g/mol. The van der Waals surface area contributed by atoms with Crippen molar-refractivity contribution in [3.05, 3.63) is 18.2 Å². The van der Waals surface area contributed by atoms with Crippen LogP contribution in [0, 0.1) is 0 Å². The summed E-state index contributed by atoms with van der Waals surface area (Å²) in [5.74, 6) is -0.602. The van der Waals surface area contributed by atoms with Gasteiger partial charge in [-0.3, -0.25) is 9.59 Å². The number of carbonyl (C=O) groups excluding carboxylic acids is 2. The second-order valence-electron chi connectivity index (χ2n) is 3.54. The van der Waals surface area contributed by atoms with Gasteiger partial charge in [0, 0.05) is 13.8 Å². The van der Waals surface area contributed by atoms with Gasteiger partial charge >= 0.3 is 7.12 Å². The number of anilines is 2. The van der Waals surface area contributed by atoms with Crippen LogP contribution in [0.5, 0.6) is 0 Å². The van der Waals surface area contributed by atoms with Crippen LogP contribution in [-0.2, 0) is 9.59 Å². The summed E-state index contributed by atoms with van der Waals surface area (Å²) >= 11 is 0. The molecule has 0 aliphatic rings. The summed E-state index contributed by atoms with van der Waals surface area (Å²) in [6.07, 6.45) is 0. The van der Waals surface area contributed by atoms with Crippen LogP contribution in [0.2, 0.25) is 0 Å². The van der Waals surface area contributed by atoms with E-state index in [-0.39, 0.29) is 17.3 Å². The molecule has 0 bridgehead atoms. The first-order valence-corrected chi connectivity index (χ1v) is 4.95. The molecule has 0 saturated heterocycles. The Kier molecular flexibility index (Phi) is 4.25. The van der Waals surface area contributed by atoms with Gasteiger partial charge in [0.1, 0.15) is 0 Å². The Morgan fingerprint density at radius 3 is 2.06 bits per heavy atom. The van der Waals surface area contributed by atoms with Crippen LogP contribution in [0.3, 0.4) is 0 Å². The van der Waals surface area contributed by atoms with Gasteiger partial charge in [-0.1, -0.05) is 6.07 Å². The van der Waals surface area contributed by atoms with Gasteiger partial charge in [-0.05, 0) is 17.6 Å².